The zero-order chi connectivity index (χ0) is 61.9. The van der Waals surface area contributed by atoms with Gasteiger partial charge >= 0.3 is 21.2 Å². The third kappa shape index (κ3) is 18.7. The van der Waals surface area contributed by atoms with E-state index in [1.54, 1.807) is 31.2 Å². The van der Waals surface area contributed by atoms with Gasteiger partial charge in [-0.3, -0.25) is 22.6 Å². The van der Waals surface area contributed by atoms with E-state index in [9.17, 15) is 57.7 Å². The van der Waals surface area contributed by atoms with E-state index in [0.717, 1.165) is 41.3 Å². The van der Waals surface area contributed by atoms with E-state index >= 15 is 0 Å². The fourth-order valence-electron chi connectivity index (χ4n) is 6.90. The highest BCUT2D eigenvalue weighted by Crippen LogP contribution is 2.45. The smallest absolute Gasteiger partial charge is 0.425 e. The second kappa shape index (κ2) is 28.0. The van der Waals surface area contributed by atoms with Crippen molar-refractivity contribution < 1.29 is 87.0 Å². The van der Waals surface area contributed by atoms with Gasteiger partial charge in [0.1, 0.15) is 50.5 Å². The molecule has 5 aromatic carbocycles. The Kier molecular flexibility index (Phi) is 22.5. The summed E-state index contributed by atoms with van der Waals surface area (Å²) in [6.07, 6.45) is 1.34. The molecule has 0 unspecified atom stereocenters. The monoisotopic (exact) mass is 1340 g/mol. The maximum absolute atomic E-state index is 12.4. The van der Waals surface area contributed by atoms with Crippen LogP contribution in [0.1, 0.15) is 30.9 Å². The van der Waals surface area contributed by atoms with Crippen molar-refractivity contribution in [2.24, 2.45) is 30.7 Å². The van der Waals surface area contributed by atoms with Crippen molar-refractivity contribution in [2.75, 3.05) is 24.4 Å². The molecule has 0 amide bonds. The molecule has 83 heavy (non-hydrogen) atoms. The number of benzene rings is 5. The summed E-state index contributed by atoms with van der Waals surface area (Å²) in [6.45, 7) is 3.73. The molecule has 0 aliphatic rings. The quantitative estimate of drug-likeness (QED) is 0.0260. The lowest BCUT2D eigenvalue weighted by atomic mass is 10.1. The number of fused-ring (bicyclic) bond motifs is 6. The van der Waals surface area contributed by atoms with Crippen LogP contribution in [0.4, 0.5) is 33.6 Å². The zero-order valence-electron chi connectivity index (χ0n) is 41.8. The number of aromatic hydroxyl groups is 1. The molecule has 0 aliphatic heterocycles. The summed E-state index contributed by atoms with van der Waals surface area (Å²) in [5.74, 6) is -0.493. The van der Waals surface area contributed by atoms with Gasteiger partial charge in [-0.25, -0.2) is 9.97 Å². The molecule has 8 rings (SSSR count). The molecular weight excluding hydrogens is 1300 g/mol. The van der Waals surface area contributed by atoms with Crippen molar-refractivity contribution in [2.45, 2.75) is 41.4 Å². The van der Waals surface area contributed by atoms with Crippen LogP contribution in [0.25, 0.3) is 37.7 Å². The fraction of sp³-hybridized carbons (Fsp3) is 0.186. The lowest BCUT2D eigenvalue weighted by Gasteiger charge is -2.11. The minimum absolute atomic E-state index is 0.00129. The maximum Gasteiger partial charge on any atom is 0.425 e. The summed E-state index contributed by atoms with van der Waals surface area (Å²) in [5.41, 5.74) is 2.09. The topological polar surface area (TPSA) is 477 Å². The number of halogens is 2. The average Bonchev–Trinajstić information content (AvgIpc) is 3.89. The molecule has 0 fully saturated rings. The molecular formula is C43H36Cl2N10O20S8. The number of nitrogens with zero attached hydrogens (tertiary/aromatic N) is 10. The molecule has 3 heterocycles. The van der Waals surface area contributed by atoms with Gasteiger partial charge in [-0.2, -0.15) is 38.9 Å². The third-order valence-corrected chi connectivity index (χ3v) is 15.4. The number of thiazole rings is 1. The van der Waals surface area contributed by atoms with Gasteiger partial charge < -0.3 is 9.84 Å². The van der Waals surface area contributed by atoms with Gasteiger partial charge in [-0.15, -0.1) is 67.7 Å². The fourth-order valence-corrected chi connectivity index (χ4v) is 11.1. The van der Waals surface area contributed by atoms with Crippen LogP contribution in [0.3, 0.4) is 0 Å². The van der Waals surface area contributed by atoms with Crippen molar-refractivity contribution in [3.05, 3.63) is 94.0 Å². The second-order valence-electron chi connectivity index (χ2n) is 16.0. The van der Waals surface area contributed by atoms with Gasteiger partial charge in [0.15, 0.2) is 11.3 Å². The summed E-state index contributed by atoms with van der Waals surface area (Å²) in [5, 5.41) is 47.6. The van der Waals surface area contributed by atoms with Crippen molar-refractivity contribution in [1.82, 2.24) is 14.4 Å². The van der Waals surface area contributed by atoms with Crippen molar-refractivity contribution in [1.29, 1.82) is 5.26 Å². The molecule has 0 spiro atoms. The Bertz CT molecular complexity index is 4690. The van der Waals surface area contributed by atoms with Crippen LogP contribution in [0.2, 0.25) is 10.0 Å². The first kappa shape index (κ1) is 66.7. The Hall–Kier alpha value is -7.10. The Balaban J connectivity index is 0.000000877. The lowest BCUT2D eigenvalue weighted by Crippen LogP contribution is -2.04. The molecule has 30 nitrogen and oxygen atoms in total. The minimum atomic E-state index is -4.85. The van der Waals surface area contributed by atoms with E-state index in [-0.39, 0.29) is 106 Å². The zero-order valence-corrected chi connectivity index (χ0v) is 49.9. The van der Waals surface area contributed by atoms with Crippen LogP contribution < -0.4 is 4.74 Å². The third-order valence-electron chi connectivity index (χ3n) is 10.1. The number of imidazole rings is 1. The summed E-state index contributed by atoms with van der Waals surface area (Å²) in [4.78, 5) is 8.06. The first-order valence-electron chi connectivity index (χ1n) is 22.1. The number of nitriles is 1. The number of pyridine rings is 1. The Morgan fingerprint density at radius 3 is 1.93 bits per heavy atom. The number of hydrogen-bond donors (Lipinski definition) is 5. The number of para-hydroxylation sites is 2. The van der Waals surface area contributed by atoms with Gasteiger partial charge in [0.2, 0.25) is 11.0 Å². The first-order valence-corrected chi connectivity index (χ1v) is 32.9. The van der Waals surface area contributed by atoms with Gasteiger partial charge in [-0.1, -0.05) is 59.7 Å². The van der Waals surface area contributed by atoms with E-state index in [1.165, 1.54) is 34.7 Å². The summed E-state index contributed by atoms with van der Waals surface area (Å²) in [7, 11) is -23.7. The molecule has 0 aliphatic carbocycles. The SMILES string of the molecule is CCCOc1cc(N=Nc2c(C)c(C#N)c3nc4ccccc4n3c2O)c(Cl)cc1N=Nc1cc(Cl)c(N=Nc2nc3c(S(=O)(=O)O)cc4ccc(S(=O)(=O)O)cc4c3s2)cc1SCCCS(=O)(=O)O.CS(=O)(=O)O.O=S(=O)=O.O=S(=O)=O. The molecule has 0 bridgehead atoms. The molecule has 440 valence electrons. The van der Waals surface area contributed by atoms with Crippen LogP contribution in [0, 0.1) is 18.3 Å². The van der Waals surface area contributed by atoms with Crippen LogP contribution in [0.15, 0.2) is 118 Å². The summed E-state index contributed by atoms with van der Waals surface area (Å²) in [6, 6.07) is 19.5. The van der Waals surface area contributed by atoms with E-state index in [4.69, 9.17) is 57.7 Å². The minimum Gasteiger partial charge on any atom is -0.493 e. The van der Waals surface area contributed by atoms with Crippen LogP contribution in [-0.4, -0.2) is 121 Å². The van der Waals surface area contributed by atoms with Crippen LogP contribution in [-0.2, 0) is 61.7 Å². The predicted molar refractivity (Wildman–Crippen MR) is 300 cm³/mol. The largest absolute Gasteiger partial charge is 0.493 e. The summed E-state index contributed by atoms with van der Waals surface area (Å²) < 4.78 is 185. The maximum atomic E-state index is 12.4. The van der Waals surface area contributed by atoms with Crippen molar-refractivity contribution >= 4 is 179 Å². The van der Waals surface area contributed by atoms with Crippen LogP contribution >= 0.6 is 46.3 Å². The number of aromatic nitrogens is 3. The molecule has 0 radical (unpaired) electrons. The number of hydrogen-bond acceptors (Lipinski definition) is 27. The highest BCUT2D eigenvalue weighted by Gasteiger charge is 2.24. The Morgan fingerprint density at radius 1 is 0.759 bits per heavy atom. The van der Waals surface area contributed by atoms with Gasteiger partial charge in [0.05, 0.1) is 49.3 Å². The lowest BCUT2D eigenvalue weighted by molar-refractivity contribution is 0.318. The molecule has 8 aromatic rings. The number of rotatable bonds is 16. The summed E-state index contributed by atoms with van der Waals surface area (Å²) >= 11 is 15.4. The van der Waals surface area contributed by atoms with Gasteiger partial charge in [0, 0.05) is 21.9 Å². The van der Waals surface area contributed by atoms with Gasteiger partial charge in [-0.05, 0) is 79.4 Å². The molecule has 40 heteroatoms. The number of thioether (sulfide) groups is 1. The van der Waals surface area contributed by atoms with Gasteiger partial charge in [0.25, 0.3) is 40.5 Å². The normalized spacial score (nSPS) is 12.0. The van der Waals surface area contributed by atoms with E-state index in [2.05, 4.69) is 46.7 Å². The molecule has 0 saturated carbocycles. The molecule has 5 N–H and O–H groups in total. The second-order valence-corrected chi connectivity index (χ2v) is 25.6. The van der Waals surface area contributed by atoms with Crippen molar-refractivity contribution in [3.8, 4) is 17.7 Å². The van der Waals surface area contributed by atoms with Crippen molar-refractivity contribution in [3.63, 3.8) is 0 Å². The number of ether oxygens (including phenoxy) is 1. The van der Waals surface area contributed by atoms with E-state index in [0.29, 0.717) is 34.2 Å². The molecule has 3 aromatic heterocycles. The molecule has 0 atom stereocenters. The highest BCUT2D eigenvalue weighted by atomic mass is 35.5. The Labute approximate surface area is 490 Å². The molecule has 0 saturated heterocycles. The Morgan fingerprint density at radius 2 is 1.34 bits per heavy atom. The number of azo groups is 3. The van der Waals surface area contributed by atoms with E-state index in [1.807, 2.05) is 6.92 Å². The average molecular weight is 1340 g/mol. The highest BCUT2D eigenvalue weighted by molar-refractivity contribution is 7.99. The predicted octanol–water partition coefficient (Wildman–Crippen LogP) is 9.84. The van der Waals surface area contributed by atoms with E-state index < -0.39 is 77.2 Å². The van der Waals surface area contributed by atoms with Crippen LogP contribution in [0.5, 0.6) is 11.6 Å². The first-order chi connectivity index (χ1) is 38.6. The standard InChI is InChI=1S/C42H32Cl2N10O11S5.CH4O3S.2O3S/c1-3-11-65-34-18-29(48-52-37-21(2)25(20-45)40-46-28-7-4-5-8-33(28)54(40)41(37)55)26(43)16-31(34)50-51-32-17-27(44)30(19-35(32)66-12-6-13-68(56,57)58)49-53-42-47-38-36(70(62,63)64)14-22-9-10-23(69(59,60)61)15-24(22)39(38)67-42;1-5(2,3)4;2*1-4(2)3/h4-5,7-10,14-19,55H,3,6,11-13H2,1-2H3,(H,56,57,58)(H,59,60,61)(H,62,63,64);1H3,(H,2,3,4);;.